The summed E-state index contributed by atoms with van der Waals surface area (Å²) < 4.78 is 5.26. The molecule has 0 aromatic carbocycles. The number of carbonyl (C=O) groups is 1. The van der Waals surface area contributed by atoms with E-state index in [1.54, 1.807) is 0 Å². The Morgan fingerprint density at radius 3 is 2.85 bits per heavy atom. The lowest BCUT2D eigenvalue weighted by molar-refractivity contribution is -0.0533. The molecule has 0 spiro atoms. The van der Waals surface area contributed by atoms with Crippen LogP contribution >= 0.6 is 0 Å². The monoisotopic (exact) mass is 188 g/mol. The highest BCUT2D eigenvalue weighted by Gasteiger charge is 2.39. The van der Waals surface area contributed by atoms with Gasteiger partial charge in [-0.1, -0.05) is 6.92 Å². The van der Waals surface area contributed by atoms with Crippen molar-refractivity contribution >= 4 is 6.09 Å². The minimum absolute atomic E-state index is 0.315. The Morgan fingerprint density at radius 1 is 1.77 bits per heavy atom. The molecule has 1 heterocycles. The van der Waals surface area contributed by atoms with Crippen LogP contribution in [-0.4, -0.2) is 47.9 Å². The van der Waals surface area contributed by atoms with E-state index in [4.69, 9.17) is 15.6 Å². The number of nitrogens with zero attached hydrogens (tertiary/aromatic N) is 1. The number of carboxylic acid groups (broad SMARTS) is 1. The molecule has 1 atom stereocenters. The fraction of sp³-hybridized carbons (Fsp3) is 0.875. The maximum Gasteiger partial charge on any atom is 0.407 e. The molecule has 0 radical (unpaired) electrons. The Hall–Kier alpha value is -0.810. The van der Waals surface area contributed by atoms with Gasteiger partial charge in [0, 0.05) is 13.1 Å². The average Bonchev–Trinajstić information content (AvgIpc) is 2.17. The van der Waals surface area contributed by atoms with Crippen molar-refractivity contribution in [2.45, 2.75) is 18.9 Å². The van der Waals surface area contributed by atoms with E-state index in [0.29, 0.717) is 32.7 Å². The molecule has 1 saturated heterocycles. The van der Waals surface area contributed by atoms with Crippen molar-refractivity contribution in [3.63, 3.8) is 0 Å². The summed E-state index contributed by atoms with van der Waals surface area (Å²) in [5.41, 5.74) is 5.08. The average molecular weight is 188 g/mol. The topological polar surface area (TPSA) is 75.8 Å². The number of rotatable bonds is 2. The molecule has 0 aromatic heterocycles. The predicted octanol–water partition coefficient (Wildman–Crippen LogP) is 0.104. The van der Waals surface area contributed by atoms with Gasteiger partial charge in [-0.3, -0.25) is 4.90 Å². The lowest BCUT2D eigenvalue weighted by Crippen LogP contribution is -2.62. The van der Waals surface area contributed by atoms with Crippen molar-refractivity contribution in [2.24, 2.45) is 5.73 Å². The summed E-state index contributed by atoms with van der Waals surface area (Å²) >= 11 is 0. The van der Waals surface area contributed by atoms with Crippen LogP contribution in [0.2, 0.25) is 0 Å². The molecule has 13 heavy (non-hydrogen) atoms. The van der Waals surface area contributed by atoms with Gasteiger partial charge in [0.2, 0.25) is 0 Å². The van der Waals surface area contributed by atoms with Crippen LogP contribution in [0.3, 0.4) is 0 Å². The van der Waals surface area contributed by atoms with Crippen LogP contribution in [0.15, 0.2) is 0 Å². The van der Waals surface area contributed by atoms with Gasteiger partial charge >= 0.3 is 6.09 Å². The maximum atomic E-state index is 10.9. The van der Waals surface area contributed by atoms with Crippen molar-refractivity contribution < 1.29 is 14.6 Å². The zero-order chi connectivity index (χ0) is 9.90. The first kappa shape index (κ1) is 10.3. The Bertz CT molecular complexity index is 192. The van der Waals surface area contributed by atoms with Gasteiger partial charge in [-0.2, -0.15) is 0 Å². The summed E-state index contributed by atoms with van der Waals surface area (Å²) in [5.74, 6) is 0. The van der Waals surface area contributed by atoms with Crippen LogP contribution in [0.25, 0.3) is 0 Å². The third-order valence-corrected chi connectivity index (χ3v) is 2.67. The second-order valence-corrected chi connectivity index (χ2v) is 3.27. The number of hydrogen-bond acceptors (Lipinski definition) is 3. The van der Waals surface area contributed by atoms with Crippen LogP contribution in [0.5, 0.6) is 0 Å². The fourth-order valence-electron chi connectivity index (χ4n) is 1.64. The van der Waals surface area contributed by atoms with E-state index in [2.05, 4.69) is 0 Å². The first-order chi connectivity index (χ1) is 6.16. The van der Waals surface area contributed by atoms with Crippen molar-refractivity contribution in [1.82, 2.24) is 4.90 Å². The van der Waals surface area contributed by atoms with Gasteiger partial charge in [0.05, 0.1) is 18.8 Å². The minimum Gasteiger partial charge on any atom is -0.465 e. The molecule has 76 valence electrons. The largest absolute Gasteiger partial charge is 0.465 e. The van der Waals surface area contributed by atoms with Crippen LogP contribution in [0.4, 0.5) is 4.79 Å². The Labute approximate surface area is 77.5 Å². The molecular weight excluding hydrogens is 172 g/mol. The zero-order valence-corrected chi connectivity index (χ0v) is 7.82. The summed E-state index contributed by atoms with van der Waals surface area (Å²) in [4.78, 5) is 12.3. The van der Waals surface area contributed by atoms with E-state index in [9.17, 15) is 4.79 Å². The molecule has 1 amide bonds. The van der Waals surface area contributed by atoms with Crippen LogP contribution in [0, 0.1) is 0 Å². The number of morpholine rings is 1. The molecule has 1 rings (SSSR count). The van der Waals surface area contributed by atoms with Gasteiger partial charge in [0.1, 0.15) is 0 Å². The number of ether oxygens (including phenoxy) is 1. The minimum atomic E-state index is -0.907. The number of amides is 1. The molecule has 5 nitrogen and oxygen atoms in total. The highest BCUT2D eigenvalue weighted by molar-refractivity contribution is 5.66. The first-order valence-electron chi connectivity index (χ1n) is 4.44. The predicted molar refractivity (Wildman–Crippen MR) is 47.6 cm³/mol. The molecule has 1 aliphatic rings. The van der Waals surface area contributed by atoms with E-state index >= 15 is 0 Å². The standard InChI is InChI=1S/C8H16N2O3/c1-2-8(5-9)6-13-4-3-10(8)7(11)12/h2-6,9H2,1H3,(H,11,12)/t8-/m0/s1. The van der Waals surface area contributed by atoms with Crippen molar-refractivity contribution in [2.75, 3.05) is 26.3 Å². The summed E-state index contributed by atoms with van der Waals surface area (Å²) in [5, 5.41) is 8.95. The maximum absolute atomic E-state index is 10.9. The van der Waals surface area contributed by atoms with E-state index in [0.717, 1.165) is 0 Å². The third kappa shape index (κ3) is 1.76. The van der Waals surface area contributed by atoms with Crippen LogP contribution in [0.1, 0.15) is 13.3 Å². The second kappa shape index (κ2) is 3.93. The summed E-state index contributed by atoms with van der Waals surface area (Å²) in [6.45, 7) is 3.54. The van der Waals surface area contributed by atoms with Crippen LogP contribution < -0.4 is 5.73 Å². The summed E-state index contributed by atoms with van der Waals surface area (Å²) in [6, 6.07) is 0. The smallest absolute Gasteiger partial charge is 0.407 e. The van der Waals surface area contributed by atoms with E-state index in [1.807, 2.05) is 6.92 Å². The number of nitrogens with two attached hydrogens (primary N) is 1. The van der Waals surface area contributed by atoms with E-state index in [1.165, 1.54) is 4.90 Å². The molecule has 0 saturated carbocycles. The van der Waals surface area contributed by atoms with Crippen molar-refractivity contribution in [1.29, 1.82) is 0 Å². The normalized spacial score (nSPS) is 28.9. The molecule has 1 aliphatic heterocycles. The molecular formula is C8H16N2O3. The lowest BCUT2D eigenvalue weighted by atomic mass is 9.94. The van der Waals surface area contributed by atoms with Gasteiger partial charge in [-0.15, -0.1) is 0 Å². The van der Waals surface area contributed by atoms with E-state index in [-0.39, 0.29) is 0 Å². The molecule has 1 fully saturated rings. The molecule has 0 aliphatic carbocycles. The quantitative estimate of drug-likeness (QED) is 0.644. The Morgan fingerprint density at radius 2 is 2.46 bits per heavy atom. The summed E-state index contributed by atoms with van der Waals surface area (Å²) in [6.07, 6.45) is -0.217. The van der Waals surface area contributed by atoms with Crippen LogP contribution in [-0.2, 0) is 4.74 Å². The summed E-state index contributed by atoms with van der Waals surface area (Å²) in [7, 11) is 0. The highest BCUT2D eigenvalue weighted by atomic mass is 16.5. The Balaban J connectivity index is 2.81. The molecule has 0 unspecified atom stereocenters. The first-order valence-corrected chi connectivity index (χ1v) is 4.44. The van der Waals surface area contributed by atoms with Crippen molar-refractivity contribution in [3.8, 4) is 0 Å². The Kier molecular flexibility index (Phi) is 3.11. The van der Waals surface area contributed by atoms with Gasteiger partial charge in [0.25, 0.3) is 0 Å². The lowest BCUT2D eigenvalue weighted by Gasteiger charge is -2.44. The second-order valence-electron chi connectivity index (χ2n) is 3.27. The number of hydrogen-bond donors (Lipinski definition) is 2. The van der Waals surface area contributed by atoms with Gasteiger partial charge in [-0.25, -0.2) is 4.79 Å². The van der Waals surface area contributed by atoms with Gasteiger partial charge in [0.15, 0.2) is 0 Å². The molecule has 3 N–H and O–H groups in total. The zero-order valence-electron chi connectivity index (χ0n) is 7.82. The third-order valence-electron chi connectivity index (χ3n) is 2.67. The SMILES string of the molecule is CC[C@]1(CN)COCCN1C(=O)O. The molecule has 0 bridgehead atoms. The fourth-order valence-corrected chi connectivity index (χ4v) is 1.64. The highest BCUT2D eigenvalue weighted by Crippen LogP contribution is 2.22. The van der Waals surface area contributed by atoms with E-state index < -0.39 is 11.6 Å². The molecule has 5 heteroatoms. The van der Waals surface area contributed by atoms with Crippen molar-refractivity contribution in [3.05, 3.63) is 0 Å². The molecule has 0 aromatic rings. The van der Waals surface area contributed by atoms with Gasteiger partial charge < -0.3 is 15.6 Å². The van der Waals surface area contributed by atoms with Gasteiger partial charge in [-0.05, 0) is 6.42 Å².